The molecule has 0 spiro atoms. The normalized spacial score (nSPS) is 10.7. The number of ether oxygens (including phenoxy) is 1. The smallest absolute Gasteiger partial charge is 0.124 e. The summed E-state index contributed by atoms with van der Waals surface area (Å²) in [4.78, 5) is 0. The van der Waals surface area contributed by atoms with E-state index in [9.17, 15) is 0 Å². The van der Waals surface area contributed by atoms with Crippen molar-refractivity contribution in [1.29, 1.82) is 0 Å². The molecule has 0 bridgehead atoms. The molecule has 2 rings (SSSR count). The number of halogens is 1. The van der Waals surface area contributed by atoms with Gasteiger partial charge in [-0.3, -0.25) is 0 Å². The molecule has 0 fully saturated rings. The van der Waals surface area contributed by atoms with Gasteiger partial charge in [0.05, 0.1) is 6.61 Å². The van der Waals surface area contributed by atoms with E-state index >= 15 is 0 Å². The van der Waals surface area contributed by atoms with Crippen molar-refractivity contribution < 1.29 is 4.74 Å². The van der Waals surface area contributed by atoms with Gasteiger partial charge in [0.1, 0.15) is 5.75 Å². The Bertz CT molecular complexity index is 499. The fourth-order valence-corrected chi connectivity index (χ4v) is 2.65. The van der Waals surface area contributed by atoms with Gasteiger partial charge in [0.25, 0.3) is 0 Å². The fourth-order valence-electron chi connectivity index (χ4n) is 1.82. The molecule has 0 aliphatic carbocycles. The van der Waals surface area contributed by atoms with Crippen LogP contribution in [-0.2, 0) is 5.33 Å². The number of alkyl halides is 1. The van der Waals surface area contributed by atoms with Gasteiger partial charge >= 0.3 is 0 Å². The third-order valence-corrected chi connectivity index (χ3v) is 3.81. The molecule has 0 saturated carbocycles. The van der Waals surface area contributed by atoms with Crippen LogP contribution in [0.4, 0.5) is 0 Å². The summed E-state index contributed by atoms with van der Waals surface area (Å²) in [6, 6.07) is 12.6. The SMILES string of the molecule is CSCCOc1ccc2ccccc2c1CBr. The number of hydrogen-bond donors (Lipinski definition) is 0. The second kappa shape index (κ2) is 6.31. The predicted octanol–water partition coefficient (Wildman–Crippen LogP) is 4.48. The lowest BCUT2D eigenvalue weighted by molar-refractivity contribution is 0.342. The van der Waals surface area contributed by atoms with Crippen molar-refractivity contribution in [3.8, 4) is 5.75 Å². The van der Waals surface area contributed by atoms with Crippen LogP contribution < -0.4 is 4.74 Å². The first-order chi connectivity index (χ1) is 8.36. The van der Waals surface area contributed by atoms with Gasteiger partial charge in [-0.05, 0) is 23.1 Å². The van der Waals surface area contributed by atoms with Crippen LogP contribution in [0.25, 0.3) is 10.8 Å². The summed E-state index contributed by atoms with van der Waals surface area (Å²) in [5, 5.41) is 3.35. The Morgan fingerprint density at radius 1 is 1.18 bits per heavy atom. The highest BCUT2D eigenvalue weighted by atomic mass is 79.9. The maximum absolute atomic E-state index is 5.83. The third-order valence-electron chi connectivity index (χ3n) is 2.68. The minimum absolute atomic E-state index is 0.763. The minimum Gasteiger partial charge on any atom is -0.492 e. The minimum atomic E-state index is 0.763. The zero-order valence-electron chi connectivity index (χ0n) is 9.78. The summed E-state index contributed by atoms with van der Waals surface area (Å²) in [7, 11) is 0. The van der Waals surface area contributed by atoms with Crippen LogP contribution in [0.2, 0.25) is 0 Å². The summed E-state index contributed by atoms with van der Waals surface area (Å²) in [6.45, 7) is 0.763. The van der Waals surface area contributed by atoms with Gasteiger partial charge < -0.3 is 4.74 Å². The Kier molecular flexibility index (Phi) is 4.75. The highest BCUT2D eigenvalue weighted by molar-refractivity contribution is 9.08. The largest absolute Gasteiger partial charge is 0.492 e. The molecule has 0 N–H and O–H groups in total. The standard InChI is InChI=1S/C14H15BrOS/c1-17-9-8-16-14-7-6-11-4-2-3-5-12(11)13(14)10-15/h2-7H,8-10H2,1H3. The van der Waals surface area contributed by atoms with E-state index in [4.69, 9.17) is 4.74 Å². The number of hydrogen-bond acceptors (Lipinski definition) is 2. The van der Waals surface area contributed by atoms with Crippen molar-refractivity contribution in [3.63, 3.8) is 0 Å². The average molecular weight is 311 g/mol. The number of rotatable bonds is 5. The molecule has 2 aromatic rings. The van der Waals surface area contributed by atoms with Crippen LogP contribution in [0.3, 0.4) is 0 Å². The first-order valence-electron chi connectivity index (χ1n) is 5.55. The van der Waals surface area contributed by atoms with Crippen molar-refractivity contribution in [2.24, 2.45) is 0 Å². The quantitative estimate of drug-likeness (QED) is 0.595. The molecule has 2 aromatic carbocycles. The Morgan fingerprint density at radius 2 is 2.00 bits per heavy atom. The van der Waals surface area contributed by atoms with Crippen LogP contribution in [0.1, 0.15) is 5.56 Å². The van der Waals surface area contributed by atoms with Gasteiger partial charge in [0, 0.05) is 16.6 Å². The van der Waals surface area contributed by atoms with Gasteiger partial charge in [-0.1, -0.05) is 46.3 Å². The molecular formula is C14H15BrOS. The molecule has 0 radical (unpaired) electrons. The van der Waals surface area contributed by atoms with Crippen molar-refractivity contribution >= 4 is 38.5 Å². The molecule has 0 heterocycles. The molecule has 0 aliphatic rings. The summed E-state index contributed by atoms with van der Waals surface area (Å²) in [5.74, 6) is 2.02. The molecule has 0 unspecified atom stereocenters. The van der Waals surface area contributed by atoms with E-state index in [1.54, 1.807) is 11.8 Å². The fraction of sp³-hybridized carbons (Fsp3) is 0.286. The second-order valence-corrected chi connectivity index (χ2v) is 5.28. The van der Waals surface area contributed by atoms with Gasteiger partial charge in [0.2, 0.25) is 0 Å². The number of fused-ring (bicyclic) bond motifs is 1. The van der Waals surface area contributed by atoms with E-state index in [-0.39, 0.29) is 0 Å². The molecule has 3 heteroatoms. The molecule has 0 aliphatic heterocycles. The van der Waals surface area contributed by atoms with Gasteiger partial charge in [0.15, 0.2) is 0 Å². The summed E-state index contributed by atoms with van der Waals surface area (Å²) in [6.07, 6.45) is 2.09. The van der Waals surface area contributed by atoms with Crippen LogP contribution in [-0.4, -0.2) is 18.6 Å². The van der Waals surface area contributed by atoms with E-state index in [0.29, 0.717) is 0 Å². The molecular weight excluding hydrogens is 296 g/mol. The lowest BCUT2D eigenvalue weighted by atomic mass is 10.0. The average Bonchev–Trinajstić information content (AvgIpc) is 2.38. The van der Waals surface area contributed by atoms with E-state index in [0.717, 1.165) is 23.4 Å². The summed E-state index contributed by atoms with van der Waals surface area (Å²) in [5.41, 5.74) is 1.24. The Morgan fingerprint density at radius 3 is 2.76 bits per heavy atom. The lowest BCUT2D eigenvalue weighted by Crippen LogP contribution is -2.02. The Balaban J connectivity index is 2.35. The van der Waals surface area contributed by atoms with E-state index in [1.165, 1.54) is 16.3 Å². The van der Waals surface area contributed by atoms with Crippen molar-refractivity contribution in [3.05, 3.63) is 42.0 Å². The van der Waals surface area contributed by atoms with Gasteiger partial charge in [-0.15, -0.1) is 0 Å². The van der Waals surface area contributed by atoms with Crippen molar-refractivity contribution in [2.45, 2.75) is 5.33 Å². The van der Waals surface area contributed by atoms with Crippen LogP contribution in [0, 0.1) is 0 Å². The monoisotopic (exact) mass is 310 g/mol. The molecule has 0 saturated heterocycles. The first kappa shape index (κ1) is 12.8. The first-order valence-corrected chi connectivity index (χ1v) is 8.06. The molecule has 0 atom stereocenters. The maximum Gasteiger partial charge on any atom is 0.124 e. The van der Waals surface area contributed by atoms with Crippen molar-refractivity contribution in [2.75, 3.05) is 18.6 Å². The molecule has 0 amide bonds. The highest BCUT2D eigenvalue weighted by Gasteiger charge is 2.07. The molecule has 17 heavy (non-hydrogen) atoms. The van der Waals surface area contributed by atoms with Gasteiger partial charge in [-0.2, -0.15) is 11.8 Å². The predicted molar refractivity (Wildman–Crippen MR) is 80.5 cm³/mol. The Labute approximate surface area is 115 Å². The molecule has 1 nitrogen and oxygen atoms in total. The van der Waals surface area contributed by atoms with Crippen LogP contribution >= 0.6 is 27.7 Å². The highest BCUT2D eigenvalue weighted by Crippen LogP contribution is 2.29. The van der Waals surface area contributed by atoms with Crippen molar-refractivity contribution in [1.82, 2.24) is 0 Å². The van der Waals surface area contributed by atoms with E-state index in [1.807, 2.05) is 0 Å². The number of benzene rings is 2. The Hall–Kier alpha value is -0.670. The third kappa shape index (κ3) is 2.96. The molecule has 0 aromatic heterocycles. The second-order valence-electron chi connectivity index (χ2n) is 3.74. The van der Waals surface area contributed by atoms with Gasteiger partial charge in [-0.25, -0.2) is 0 Å². The zero-order valence-corrected chi connectivity index (χ0v) is 12.2. The van der Waals surface area contributed by atoms with E-state index < -0.39 is 0 Å². The molecule has 90 valence electrons. The summed E-state index contributed by atoms with van der Waals surface area (Å²) < 4.78 is 5.83. The lowest BCUT2D eigenvalue weighted by Gasteiger charge is -2.12. The van der Waals surface area contributed by atoms with E-state index in [2.05, 4.69) is 58.6 Å². The number of thioether (sulfide) groups is 1. The maximum atomic E-state index is 5.83. The topological polar surface area (TPSA) is 9.23 Å². The zero-order chi connectivity index (χ0) is 12.1. The summed E-state index contributed by atoms with van der Waals surface area (Å²) >= 11 is 5.35. The van der Waals surface area contributed by atoms with Crippen LogP contribution in [0.5, 0.6) is 5.75 Å². The van der Waals surface area contributed by atoms with Crippen LogP contribution in [0.15, 0.2) is 36.4 Å².